The second-order valence-corrected chi connectivity index (χ2v) is 7.35. The van der Waals surface area contributed by atoms with E-state index in [0.717, 1.165) is 11.8 Å². The predicted molar refractivity (Wildman–Crippen MR) is 125 cm³/mol. The number of anilines is 3. The number of pyridine rings is 1. The normalized spacial score (nSPS) is 10.6. The lowest BCUT2D eigenvalue weighted by Crippen LogP contribution is -2.12. The number of halogens is 1. The van der Waals surface area contributed by atoms with Gasteiger partial charge in [0.2, 0.25) is 0 Å². The van der Waals surface area contributed by atoms with Gasteiger partial charge in [-0.15, -0.1) is 0 Å². The highest BCUT2D eigenvalue weighted by molar-refractivity contribution is 6.04. The van der Waals surface area contributed by atoms with Crippen molar-refractivity contribution in [2.24, 2.45) is 0 Å². The van der Waals surface area contributed by atoms with Crippen molar-refractivity contribution in [3.63, 3.8) is 0 Å². The molecular weight excluding hydrogens is 433 g/mol. The fourth-order valence-corrected chi connectivity index (χ4v) is 3.42. The van der Waals surface area contributed by atoms with E-state index < -0.39 is 5.82 Å². The topological polar surface area (TPSA) is 108 Å². The number of rotatable bonds is 5. The number of nitriles is 1. The molecule has 0 aliphatic carbocycles. The summed E-state index contributed by atoms with van der Waals surface area (Å²) in [5, 5.41) is 15.0. The monoisotopic (exact) mass is 449 g/mol. The van der Waals surface area contributed by atoms with Crippen molar-refractivity contribution in [1.82, 2.24) is 19.4 Å². The Morgan fingerprint density at radius 2 is 1.94 bits per heavy atom. The Hall–Kier alpha value is -5.10. The average molecular weight is 449 g/mol. The van der Waals surface area contributed by atoms with Crippen LogP contribution >= 0.6 is 0 Å². The molecule has 0 atom stereocenters. The Balaban J connectivity index is 1.46. The fraction of sp³-hybridized carbons (Fsp3) is 0. The number of aromatic nitrogens is 4. The van der Waals surface area contributed by atoms with Crippen LogP contribution in [0.2, 0.25) is 0 Å². The molecule has 9 heteroatoms. The van der Waals surface area contributed by atoms with Gasteiger partial charge in [-0.3, -0.25) is 4.79 Å². The van der Waals surface area contributed by atoms with E-state index in [9.17, 15) is 9.18 Å². The number of benzene rings is 2. The Bertz CT molecular complexity index is 1550. The number of nitrogens with one attached hydrogen (secondary N) is 2. The van der Waals surface area contributed by atoms with Crippen molar-refractivity contribution in [3.8, 4) is 17.3 Å². The molecule has 164 valence electrons. The molecule has 5 aromatic rings. The lowest BCUT2D eigenvalue weighted by Gasteiger charge is -2.11. The van der Waals surface area contributed by atoms with Crippen molar-refractivity contribution in [3.05, 3.63) is 102 Å². The van der Waals surface area contributed by atoms with E-state index in [2.05, 4.69) is 25.6 Å². The summed E-state index contributed by atoms with van der Waals surface area (Å²) in [6, 6.07) is 18.6. The summed E-state index contributed by atoms with van der Waals surface area (Å²) in [5.41, 5.74) is 3.34. The smallest absolute Gasteiger partial charge is 0.255 e. The van der Waals surface area contributed by atoms with E-state index in [1.807, 2.05) is 28.8 Å². The molecule has 2 N–H and O–H groups in total. The third-order valence-electron chi connectivity index (χ3n) is 5.02. The number of fused-ring (bicyclic) bond motifs is 1. The van der Waals surface area contributed by atoms with Crippen molar-refractivity contribution < 1.29 is 9.18 Å². The highest BCUT2D eigenvalue weighted by atomic mass is 19.1. The third-order valence-corrected chi connectivity index (χ3v) is 5.02. The zero-order valence-corrected chi connectivity index (χ0v) is 17.6. The molecule has 0 aliphatic heterocycles. The highest BCUT2D eigenvalue weighted by Gasteiger charge is 2.12. The molecular formula is C25H16FN7O. The maximum atomic E-state index is 13.2. The van der Waals surface area contributed by atoms with Crippen LogP contribution in [0.3, 0.4) is 0 Å². The first-order valence-electron chi connectivity index (χ1n) is 10.2. The second-order valence-electron chi connectivity index (χ2n) is 7.35. The molecule has 0 radical (unpaired) electrons. The van der Waals surface area contributed by atoms with Crippen LogP contribution in [0.5, 0.6) is 0 Å². The van der Waals surface area contributed by atoms with Gasteiger partial charge in [0, 0.05) is 35.4 Å². The molecule has 0 saturated heterocycles. The van der Waals surface area contributed by atoms with Gasteiger partial charge >= 0.3 is 0 Å². The number of hydrogen-bond acceptors (Lipinski definition) is 6. The van der Waals surface area contributed by atoms with Crippen LogP contribution in [0.4, 0.5) is 21.7 Å². The molecule has 0 unspecified atom stereocenters. The van der Waals surface area contributed by atoms with Gasteiger partial charge in [0.25, 0.3) is 5.91 Å². The minimum absolute atomic E-state index is 0.322. The Kier molecular flexibility index (Phi) is 5.38. The van der Waals surface area contributed by atoms with E-state index in [-0.39, 0.29) is 5.91 Å². The van der Waals surface area contributed by atoms with Crippen LogP contribution in [0.1, 0.15) is 15.9 Å². The maximum absolute atomic E-state index is 13.2. The van der Waals surface area contributed by atoms with Gasteiger partial charge in [-0.25, -0.2) is 19.3 Å². The lowest BCUT2D eigenvalue weighted by atomic mass is 10.1. The van der Waals surface area contributed by atoms with Crippen molar-refractivity contribution >= 4 is 28.9 Å². The van der Waals surface area contributed by atoms with Gasteiger partial charge in [0.05, 0.1) is 23.5 Å². The molecule has 2 aromatic carbocycles. The highest BCUT2D eigenvalue weighted by Crippen LogP contribution is 2.26. The molecule has 1 amide bonds. The van der Waals surface area contributed by atoms with Crippen LogP contribution in [0.15, 0.2) is 85.5 Å². The summed E-state index contributed by atoms with van der Waals surface area (Å²) in [6.07, 6.45) is 6.38. The van der Waals surface area contributed by atoms with Gasteiger partial charge in [-0.05, 0) is 42.5 Å². The Morgan fingerprint density at radius 3 is 2.76 bits per heavy atom. The molecule has 34 heavy (non-hydrogen) atoms. The van der Waals surface area contributed by atoms with E-state index >= 15 is 0 Å². The predicted octanol–water partition coefficient (Wildman–Crippen LogP) is 4.80. The Labute approximate surface area is 193 Å². The number of amides is 1. The first-order valence-corrected chi connectivity index (χ1v) is 10.2. The largest absolute Gasteiger partial charge is 0.322 e. The van der Waals surface area contributed by atoms with Gasteiger partial charge in [-0.2, -0.15) is 5.26 Å². The van der Waals surface area contributed by atoms with E-state index in [4.69, 9.17) is 5.26 Å². The van der Waals surface area contributed by atoms with E-state index in [1.54, 1.807) is 42.7 Å². The fourth-order valence-electron chi connectivity index (χ4n) is 3.42. The maximum Gasteiger partial charge on any atom is 0.255 e. The number of nitrogens with zero attached hydrogens (tertiary/aromatic N) is 5. The minimum atomic E-state index is -0.434. The Morgan fingerprint density at radius 1 is 1.06 bits per heavy atom. The quantitative estimate of drug-likeness (QED) is 0.399. The summed E-state index contributed by atoms with van der Waals surface area (Å²) in [5.74, 6) is 0.120. The van der Waals surface area contributed by atoms with Crippen molar-refractivity contribution in [1.29, 1.82) is 5.26 Å². The van der Waals surface area contributed by atoms with Crippen molar-refractivity contribution in [2.75, 3.05) is 10.6 Å². The zero-order chi connectivity index (χ0) is 23.5. The van der Waals surface area contributed by atoms with Crippen LogP contribution in [-0.4, -0.2) is 25.3 Å². The summed E-state index contributed by atoms with van der Waals surface area (Å²) >= 11 is 0. The minimum Gasteiger partial charge on any atom is -0.322 e. The van der Waals surface area contributed by atoms with E-state index in [0.29, 0.717) is 39.8 Å². The van der Waals surface area contributed by atoms with Crippen molar-refractivity contribution in [2.45, 2.75) is 0 Å². The first kappa shape index (κ1) is 20.8. The second kappa shape index (κ2) is 8.80. The van der Waals surface area contributed by atoms with Gasteiger partial charge in [-0.1, -0.05) is 18.2 Å². The number of carbonyl (C=O) groups is 1. The van der Waals surface area contributed by atoms with Gasteiger partial charge in [0.15, 0.2) is 11.5 Å². The summed E-state index contributed by atoms with van der Waals surface area (Å²) in [4.78, 5) is 25.7. The summed E-state index contributed by atoms with van der Waals surface area (Å²) in [7, 11) is 0. The summed E-state index contributed by atoms with van der Waals surface area (Å²) < 4.78 is 15.0. The van der Waals surface area contributed by atoms with Gasteiger partial charge < -0.3 is 15.0 Å². The van der Waals surface area contributed by atoms with Crippen LogP contribution in [0, 0.1) is 17.1 Å². The van der Waals surface area contributed by atoms with Crippen LogP contribution in [0.25, 0.3) is 16.9 Å². The number of carbonyl (C=O) groups excluding carboxylic acids is 1. The summed E-state index contributed by atoms with van der Waals surface area (Å²) in [6.45, 7) is 0. The SMILES string of the molecule is N#Cc1cccc(C(=O)Nc2cccc(-c3cn4ccnc4c(Nc4ccc(F)cn4)n3)c2)c1. The van der Waals surface area contributed by atoms with Crippen LogP contribution < -0.4 is 10.6 Å². The first-order chi connectivity index (χ1) is 16.6. The molecule has 0 aliphatic rings. The molecule has 5 rings (SSSR count). The molecule has 0 fully saturated rings. The molecule has 0 spiro atoms. The van der Waals surface area contributed by atoms with Gasteiger partial charge in [0.1, 0.15) is 11.6 Å². The molecule has 0 saturated carbocycles. The van der Waals surface area contributed by atoms with Crippen LogP contribution in [-0.2, 0) is 0 Å². The van der Waals surface area contributed by atoms with E-state index in [1.165, 1.54) is 18.2 Å². The average Bonchev–Trinajstić information content (AvgIpc) is 3.35. The molecule has 3 aromatic heterocycles. The molecule has 0 bridgehead atoms. The standard InChI is InChI=1S/C25H16FN7O/c26-19-7-8-22(29-14-19)32-23-24-28-9-10-33(24)15-21(31-23)17-4-2-6-20(12-17)30-25(34)18-5-1-3-16(11-18)13-27/h1-12,14-15H,(H,30,34)(H,29,31,32). The number of hydrogen-bond donors (Lipinski definition) is 2. The zero-order valence-electron chi connectivity index (χ0n) is 17.6. The molecule has 8 nitrogen and oxygen atoms in total. The number of imidazole rings is 1. The third kappa shape index (κ3) is 4.28. The molecule has 3 heterocycles. The lowest BCUT2D eigenvalue weighted by molar-refractivity contribution is 0.102.